The van der Waals surface area contributed by atoms with Crippen molar-refractivity contribution in [3.8, 4) is 11.4 Å². The van der Waals surface area contributed by atoms with E-state index in [0.717, 1.165) is 16.5 Å². The van der Waals surface area contributed by atoms with E-state index in [2.05, 4.69) is 16.8 Å². The van der Waals surface area contributed by atoms with Crippen LogP contribution in [0.5, 0.6) is 0 Å². The lowest BCUT2D eigenvalue weighted by Gasteiger charge is -2.08. The third-order valence-corrected chi connectivity index (χ3v) is 4.68. The molecule has 0 bridgehead atoms. The summed E-state index contributed by atoms with van der Waals surface area (Å²) < 4.78 is 15.9. The summed E-state index contributed by atoms with van der Waals surface area (Å²) >= 11 is 7.22. The van der Waals surface area contributed by atoms with Gasteiger partial charge in [0.05, 0.1) is 0 Å². The molecule has 122 valence electrons. The Morgan fingerprint density at radius 2 is 1.96 bits per heavy atom. The molecule has 24 heavy (non-hydrogen) atoms. The van der Waals surface area contributed by atoms with E-state index in [1.807, 2.05) is 34.9 Å². The lowest BCUT2D eigenvalue weighted by Crippen LogP contribution is -2.01. The van der Waals surface area contributed by atoms with Crippen LogP contribution >= 0.6 is 23.4 Å². The summed E-state index contributed by atoms with van der Waals surface area (Å²) in [6.45, 7) is 4.38. The quantitative estimate of drug-likeness (QED) is 0.446. The van der Waals surface area contributed by atoms with Gasteiger partial charge in [-0.2, -0.15) is 0 Å². The topological polar surface area (TPSA) is 30.7 Å². The lowest BCUT2D eigenvalue weighted by atomic mass is 10.2. The second-order valence-corrected chi connectivity index (χ2v) is 6.47. The van der Waals surface area contributed by atoms with Crippen LogP contribution in [0.15, 0.2) is 66.3 Å². The number of thioether (sulfide) groups is 1. The summed E-state index contributed by atoms with van der Waals surface area (Å²) in [7, 11) is 0. The Balaban J connectivity index is 1.85. The molecule has 0 radical (unpaired) electrons. The summed E-state index contributed by atoms with van der Waals surface area (Å²) in [6.07, 6.45) is 1.79. The van der Waals surface area contributed by atoms with Crippen LogP contribution in [0, 0.1) is 5.82 Å². The number of hydrogen-bond acceptors (Lipinski definition) is 3. The third kappa shape index (κ3) is 3.68. The molecular weight excluding hydrogens is 345 g/mol. The molecule has 0 unspecified atom stereocenters. The van der Waals surface area contributed by atoms with Crippen molar-refractivity contribution in [2.45, 2.75) is 17.5 Å². The minimum absolute atomic E-state index is 0.312. The van der Waals surface area contributed by atoms with Gasteiger partial charge >= 0.3 is 0 Å². The van der Waals surface area contributed by atoms with Crippen LogP contribution in [0.3, 0.4) is 0 Å². The van der Waals surface area contributed by atoms with Crippen molar-refractivity contribution in [1.82, 2.24) is 14.8 Å². The zero-order valence-electron chi connectivity index (χ0n) is 12.8. The molecule has 0 aliphatic rings. The molecule has 0 saturated heterocycles. The van der Waals surface area contributed by atoms with Crippen LogP contribution in [0.25, 0.3) is 11.4 Å². The van der Waals surface area contributed by atoms with Gasteiger partial charge in [-0.15, -0.1) is 16.8 Å². The van der Waals surface area contributed by atoms with E-state index in [0.29, 0.717) is 22.9 Å². The van der Waals surface area contributed by atoms with Gasteiger partial charge < -0.3 is 0 Å². The van der Waals surface area contributed by atoms with Gasteiger partial charge in [0.2, 0.25) is 0 Å². The highest BCUT2D eigenvalue weighted by Crippen LogP contribution is 2.27. The van der Waals surface area contributed by atoms with Crippen molar-refractivity contribution >= 4 is 23.4 Å². The van der Waals surface area contributed by atoms with Crippen molar-refractivity contribution in [1.29, 1.82) is 0 Å². The van der Waals surface area contributed by atoms with E-state index in [9.17, 15) is 4.39 Å². The van der Waals surface area contributed by atoms with Crippen LogP contribution in [0.1, 0.15) is 5.56 Å². The Hall–Kier alpha value is -2.11. The van der Waals surface area contributed by atoms with Gasteiger partial charge in [-0.3, -0.25) is 4.57 Å². The molecule has 0 N–H and O–H groups in total. The maximum Gasteiger partial charge on any atom is 0.192 e. The Bertz CT molecular complexity index is 849. The number of rotatable bonds is 6. The standard InChI is InChI=1S/C18H15ClFN3S/c1-2-10-23-17(13-6-4-3-5-7-13)21-22-18(23)24-12-14-8-9-15(19)11-16(14)20/h2-9,11H,1,10,12H2. The fourth-order valence-corrected chi connectivity index (χ4v) is 3.36. The van der Waals surface area contributed by atoms with Crippen molar-refractivity contribution < 1.29 is 4.39 Å². The number of nitrogens with zero attached hydrogens (tertiary/aromatic N) is 3. The van der Waals surface area contributed by atoms with E-state index in [-0.39, 0.29) is 5.82 Å². The second kappa shape index (κ2) is 7.64. The molecule has 0 aliphatic carbocycles. The van der Waals surface area contributed by atoms with Crippen molar-refractivity contribution in [2.75, 3.05) is 0 Å². The predicted octanol–water partition coefficient (Wildman–Crippen LogP) is 5.22. The lowest BCUT2D eigenvalue weighted by molar-refractivity contribution is 0.617. The highest BCUT2D eigenvalue weighted by atomic mass is 35.5. The molecule has 3 nitrogen and oxygen atoms in total. The average molecular weight is 360 g/mol. The highest BCUT2D eigenvalue weighted by Gasteiger charge is 2.14. The molecule has 0 aliphatic heterocycles. The van der Waals surface area contributed by atoms with E-state index >= 15 is 0 Å². The normalized spacial score (nSPS) is 10.8. The zero-order valence-corrected chi connectivity index (χ0v) is 14.4. The Kier molecular flexibility index (Phi) is 5.33. The van der Waals surface area contributed by atoms with Crippen molar-refractivity contribution in [3.63, 3.8) is 0 Å². The number of hydrogen-bond donors (Lipinski definition) is 0. The fraction of sp³-hybridized carbons (Fsp3) is 0.111. The van der Waals surface area contributed by atoms with Crippen LogP contribution in [0.2, 0.25) is 5.02 Å². The average Bonchev–Trinajstić information content (AvgIpc) is 2.98. The number of aromatic nitrogens is 3. The fourth-order valence-electron chi connectivity index (χ4n) is 2.27. The first-order valence-corrected chi connectivity index (χ1v) is 8.71. The summed E-state index contributed by atoms with van der Waals surface area (Å²) in [4.78, 5) is 0. The van der Waals surface area contributed by atoms with Crippen molar-refractivity contribution in [2.24, 2.45) is 0 Å². The Labute approximate surface area is 149 Å². The van der Waals surface area contributed by atoms with Crippen LogP contribution in [-0.2, 0) is 12.3 Å². The molecule has 0 saturated carbocycles. The van der Waals surface area contributed by atoms with E-state index in [4.69, 9.17) is 11.6 Å². The first-order valence-electron chi connectivity index (χ1n) is 7.35. The number of benzene rings is 2. The Morgan fingerprint density at radius 1 is 1.17 bits per heavy atom. The predicted molar refractivity (Wildman–Crippen MR) is 96.6 cm³/mol. The largest absolute Gasteiger partial charge is 0.298 e. The first-order chi connectivity index (χ1) is 11.7. The van der Waals surface area contributed by atoms with Gasteiger partial charge in [0.15, 0.2) is 11.0 Å². The smallest absolute Gasteiger partial charge is 0.192 e. The molecule has 0 fully saturated rings. The van der Waals surface area contributed by atoms with Gasteiger partial charge in [0.25, 0.3) is 0 Å². The van der Waals surface area contributed by atoms with E-state index < -0.39 is 0 Å². The van der Waals surface area contributed by atoms with Gasteiger partial charge in [-0.1, -0.05) is 65.8 Å². The molecule has 0 spiro atoms. The van der Waals surface area contributed by atoms with Crippen LogP contribution < -0.4 is 0 Å². The van der Waals surface area contributed by atoms with Crippen LogP contribution in [-0.4, -0.2) is 14.8 Å². The molecule has 6 heteroatoms. The minimum atomic E-state index is -0.312. The number of halogens is 2. The van der Waals surface area contributed by atoms with E-state index in [1.165, 1.54) is 17.8 Å². The molecule has 2 aromatic carbocycles. The van der Waals surface area contributed by atoms with E-state index in [1.54, 1.807) is 18.2 Å². The maximum atomic E-state index is 13.9. The second-order valence-electron chi connectivity index (χ2n) is 5.10. The molecular formula is C18H15ClFN3S. The summed E-state index contributed by atoms with van der Waals surface area (Å²) in [6, 6.07) is 14.5. The first kappa shape index (κ1) is 16.7. The van der Waals surface area contributed by atoms with Gasteiger partial charge in [0, 0.05) is 22.9 Å². The zero-order chi connectivity index (χ0) is 16.9. The van der Waals surface area contributed by atoms with Gasteiger partial charge in [-0.05, 0) is 17.7 Å². The summed E-state index contributed by atoms with van der Waals surface area (Å²) in [5.41, 5.74) is 1.56. The van der Waals surface area contributed by atoms with Crippen LogP contribution in [0.4, 0.5) is 4.39 Å². The minimum Gasteiger partial charge on any atom is -0.298 e. The van der Waals surface area contributed by atoms with Gasteiger partial charge in [0.1, 0.15) is 5.82 Å². The maximum absolute atomic E-state index is 13.9. The third-order valence-electron chi connectivity index (χ3n) is 3.43. The van der Waals surface area contributed by atoms with Gasteiger partial charge in [-0.25, -0.2) is 4.39 Å². The summed E-state index contributed by atoms with van der Waals surface area (Å²) in [5, 5.41) is 9.65. The monoisotopic (exact) mass is 359 g/mol. The SMILES string of the molecule is C=CCn1c(SCc2ccc(Cl)cc2F)nnc1-c1ccccc1. The Morgan fingerprint density at radius 3 is 2.67 bits per heavy atom. The molecule has 1 aromatic heterocycles. The highest BCUT2D eigenvalue weighted by molar-refractivity contribution is 7.98. The molecule has 0 atom stereocenters. The molecule has 1 heterocycles. The summed E-state index contributed by atoms with van der Waals surface area (Å²) in [5.74, 6) is 0.912. The molecule has 3 rings (SSSR count). The molecule has 0 amide bonds. The molecule has 3 aromatic rings. The van der Waals surface area contributed by atoms with Crippen molar-refractivity contribution in [3.05, 3.63) is 77.6 Å². The number of allylic oxidation sites excluding steroid dienone is 1.